The number of benzene rings is 1. The average molecular weight is 219 g/mol. The van der Waals surface area contributed by atoms with Gasteiger partial charge in [-0.15, -0.1) is 0 Å². The van der Waals surface area contributed by atoms with Crippen molar-refractivity contribution in [3.05, 3.63) is 42.5 Å². The van der Waals surface area contributed by atoms with E-state index in [0.29, 0.717) is 5.69 Å². The molecule has 0 radical (unpaired) electrons. The molecule has 0 bridgehead atoms. The minimum absolute atomic E-state index is 0.228. The lowest BCUT2D eigenvalue weighted by molar-refractivity contribution is -0.139. The second kappa shape index (κ2) is 5.70. The van der Waals surface area contributed by atoms with Crippen molar-refractivity contribution >= 4 is 17.6 Å². The van der Waals surface area contributed by atoms with Gasteiger partial charge in [-0.1, -0.05) is 18.7 Å². The molecule has 0 atom stereocenters. The quantitative estimate of drug-likeness (QED) is 0.617. The fourth-order valence-corrected chi connectivity index (χ4v) is 1.14. The van der Waals surface area contributed by atoms with E-state index in [1.165, 1.54) is 13.2 Å². The van der Waals surface area contributed by atoms with Crippen LogP contribution >= 0.6 is 0 Å². The summed E-state index contributed by atoms with van der Waals surface area (Å²) in [5.74, 6) is -0.552. The molecule has 0 fully saturated rings. The Balaban J connectivity index is 2.64. The molecule has 1 aromatic rings. The van der Waals surface area contributed by atoms with E-state index >= 15 is 0 Å². The molecule has 0 aliphatic heterocycles. The van der Waals surface area contributed by atoms with E-state index in [1.54, 1.807) is 24.3 Å². The molecule has 0 saturated carbocycles. The van der Waals surface area contributed by atoms with Crippen LogP contribution in [0.3, 0.4) is 0 Å². The molecule has 0 aliphatic rings. The average Bonchev–Trinajstić information content (AvgIpc) is 2.31. The number of carbonyl (C=O) groups excluding carboxylic acids is 2. The predicted octanol–water partition coefficient (Wildman–Crippen LogP) is 1.53. The van der Waals surface area contributed by atoms with E-state index in [4.69, 9.17) is 0 Å². The fourth-order valence-electron chi connectivity index (χ4n) is 1.14. The first kappa shape index (κ1) is 12.0. The largest absolute Gasteiger partial charge is 0.469 e. The number of anilines is 1. The third-order valence-corrected chi connectivity index (χ3v) is 1.98. The topological polar surface area (TPSA) is 55.4 Å². The summed E-state index contributed by atoms with van der Waals surface area (Å²) in [5, 5.41) is 2.61. The van der Waals surface area contributed by atoms with Crippen LogP contribution in [0.15, 0.2) is 36.9 Å². The van der Waals surface area contributed by atoms with E-state index in [2.05, 4.69) is 16.6 Å². The van der Waals surface area contributed by atoms with E-state index in [-0.39, 0.29) is 18.3 Å². The monoisotopic (exact) mass is 219 g/mol. The lowest BCUT2D eigenvalue weighted by Crippen LogP contribution is -2.08. The predicted molar refractivity (Wildman–Crippen MR) is 61.0 cm³/mol. The van der Waals surface area contributed by atoms with E-state index in [0.717, 1.165) is 5.56 Å². The van der Waals surface area contributed by atoms with Crippen molar-refractivity contribution in [2.24, 2.45) is 0 Å². The summed E-state index contributed by atoms with van der Waals surface area (Å²) in [6.45, 7) is 3.35. The number of esters is 1. The van der Waals surface area contributed by atoms with Gasteiger partial charge in [0.05, 0.1) is 13.5 Å². The molecule has 0 unspecified atom stereocenters. The molecule has 0 saturated heterocycles. The molecule has 1 rings (SSSR count). The van der Waals surface area contributed by atoms with Crippen molar-refractivity contribution in [2.75, 3.05) is 12.4 Å². The molecule has 0 heterocycles. The Bertz CT molecular complexity index is 395. The van der Waals surface area contributed by atoms with Crippen LogP contribution in [0.4, 0.5) is 5.69 Å². The molecule has 1 aromatic carbocycles. The Hall–Kier alpha value is -2.10. The number of carbonyl (C=O) groups is 2. The second-order valence-electron chi connectivity index (χ2n) is 3.14. The molecule has 1 N–H and O–H groups in total. The highest BCUT2D eigenvalue weighted by Crippen LogP contribution is 2.10. The Labute approximate surface area is 93.9 Å². The lowest BCUT2D eigenvalue weighted by Gasteiger charge is -2.03. The van der Waals surface area contributed by atoms with Crippen LogP contribution in [-0.2, 0) is 20.7 Å². The van der Waals surface area contributed by atoms with Crippen LogP contribution in [0.2, 0.25) is 0 Å². The fraction of sp³-hybridized carbons (Fsp3) is 0.167. The molecule has 4 nitrogen and oxygen atoms in total. The number of hydrogen-bond donors (Lipinski definition) is 1. The van der Waals surface area contributed by atoms with Crippen LogP contribution < -0.4 is 5.32 Å². The van der Waals surface area contributed by atoms with Crippen molar-refractivity contribution in [3.8, 4) is 0 Å². The zero-order valence-electron chi connectivity index (χ0n) is 9.03. The van der Waals surface area contributed by atoms with Gasteiger partial charge in [-0.2, -0.15) is 0 Å². The number of ether oxygens (including phenoxy) is 1. The highest BCUT2D eigenvalue weighted by molar-refractivity contribution is 5.98. The second-order valence-corrected chi connectivity index (χ2v) is 3.14. The first-order chi connectivity index (χ1) is 7.65. The first-order valence-electron chi connectivity index (χ1n) is 4.75. The minimum Gasteiger partial charge on any atom is -0.469 e. The molecule has 0 aromatic heterocycles. The maximum absolute atomic E-state index is 11.0. The smallest absolute Gasteiger partial charge is 0.309 e. The third-order valence-electron chi connectivity index (χ3n) is 1.98. The summed E-state index contributed by atoms with van der Waals surface area (Å²) in [4.78, 5) is 22.0. The summed E-state index contributed by atoms with van der Waals surface area (Å²) >= 11 is 0. The Morgan fingerprint density at radius 2 is 2.00 bits per heavy atom. The molecule has 0 aliphatic carbocycles. The Morgan fingerprint density at radius 1 is 1.38 bits per heavy atom. The molecule has 84 valence electrons. The minimum atomic E-state index is -0.289. The highest BCUT2D eigenvalue weighted by atomic mass is 16.5. The van der Waals surface area contributed by atoms with E-state index in [1.807, 2.05) is 0 Å². The van der Waals surface area contributed by atoms with E-state index in [9.17, 15) is 9.59 Å². The van der Waals surface area contributed by atoms with Crippen LogP contribution in [-0.4, -0.2) is 19.0 Å². The van der Waals surface area contributed by atoms with Gasteiger partial charge in [0, 0.05) is 5.69 Å². The van der Waals surface area contributed by atoms with Gasteiger partial charge in [-0.25, -0.2) is 0 Å². The first-order valence-corrected chi connectivity index (χ1v) is 4.75. The van der Waals surface area contributed by atoms with Crippen LogP contribution in [0, 0.1) is 0 Å². The zero-order chi connectivity index (χ0) is 12.0. The van der Waals surface area contributed by atoms with Crippen molar-refractivity contribution in [1.29, 1.82) is 0 Å². The van der Waals surface area contributed by atoms with Crippen molar-refractivity contribution in [3.63, 3.8) is 0 Å². The molecule has 16 heavy (non-hydrogen) atoms. The highest BCUT2D eigenvalue weighted by Gasteiger charge is 2.02. The zero-order valence-corrected chi connectivity index (χ0v) is 9.03. The normalized spacial score (nSPS) is 9.31. The van der Waals surface area contributed by atoms with Gasteiger partial charge in [0.1, 0.15) is 0 Å². The van der Waals surface area contributed by atoms with Crippen LogP contribution in [0.5, 0.6) is 0 Å². The SMILES string of the molecule is C=CC(=O)Nc1ccc(CC(=O)OC)cc1. The number of rotatable bonds is 4. The Morgan fingerprint density at radius 3 is 2.50 bits per heavy atom. The number of hydrogen-bond acceptors (Lipinski definition) is 3. The summed E-state index contributed by atoms with van der Waals surface area (Å²) in [7, 11) is 1.35. The van der Waals surface area contributed by atoms with Crippen LogP contribution in [0.1, 0.15) is 5.56 Å². The summed E-state index contributed by atoms with van der Waals surface area (Å²) in [5.41, 5.74) is 1.50. The van der Waals surface area contributed by atoms with Gasteiger partial charge in [0.15, 0.2) is 0 Å². The third kappa shape index (κ3) is 3.57. The standard InChI is InChI=1S/C12H13NO3/c1-3-11(14)13-10-6-4-9(5-7-10)8-12(15)16-2/h3-7H,1,8H2,2H3,(H,13,14). The number of nitrogens with one attached hydrogen (secondary N) is 1. The van der Waals surface area contributed by atoms with Gasteiger partial charge in [-0.3, -0.25) is 9.59 Å². The van der Waals surface area contributed by atoms with Crippen molar-refractivity contribution < 1.29 is 14.3 Å². The molecule has 4 heteroatoms. The summed E-state index contributed by atoms with van der Waals surface area (Å²) < 4.78 is 4.54. The van der Waals surface area contributed by atoms with Crippen molar-refractivity contribution in [2.45, 2.75) is 6.42 Å². The molecular formula is C12H13NO3. The van der Waals surface area contributed by atoms with Gasteiger partial charge in [-0.05, 0) is 23.8 Å². The maximum Gasteiger partial charge on any atom is 0.309 e. The summed E-state index contributed by atoms with van der Waals surface area (Å²) in [6, 6.07) is 6.96. The van der Waals surface area contributed by atoms with Gasteiger partial charge in [0.2, 0.25) is 5.91 Å². The van der Waals surface area contributed by atoms with Crippen molar-refractivity contribution in [1.82, 2.24) is 0 Å². The molecule has 1 amide bonds. The Kier molecular flexibility index (Phi) is 4.27. The lowest BCUT2D eigenvalue weighted by atomic mass is 10.1. The van der Waals surface area contributed by atoms with E-state index < -0.39 is 0 Å². The van der Waals surface area contributed by atoms with Gasteiger partial charge < -0.3 is 10.1 Å². The van der Waals surface area contributed by atoms with Crippen LogP contribution in [0.25, 0.3) is 0 Å². The number of methoxy groups -OCH3 is 1. The summed E-state index contributed by atoms with van der Waals surface area (Å²) in [6.07, 6.45) is 1.43. The van der Waals surface area contributed by atoms with Gasteiger partial charge >= 0.3 is 5.97 Å². The maximum atomic E-state index is 11.0. The molecule has 0 spiro atoms. The van der Waals surface area contributed by atoms with Gasteiger partial charge in [0.25, 0.3) is 0 Å². The number of amides is 1. The molecular weight excluding hydrogens is 206 g/mol.